The van der Waals surface area contributed by atoms with Crippen LogP contribution in [0.1, 0.15) is 6.92 Å². The van der Waals surface area contributed by atoms with Gasteiger partial charge < -0.3 is 20.9 Å². The first-order valence-corrected chi connectivity index (χ1v) is 5.57. The highest BCUT2D eigenvalue weighted by Gasteiger charge is 2.26. The molecule has 0 aromatic heterocycles. The van der Waals surface area contributed by atoms with Crippen LogP contribution in [0.2, 0.25) is 0 Å². The number of aromatic hydroxyl groups is 1. The van der Waals surface area contributed by atoms with Crippen molar-refractivity contribution in [3.05, 3.63) is 28.3 Å². The number of hydrogen-bond acceptors (Lipinski definition) is 7. The van der Waals surface area contributed by atoms with Crippen molar-refractivity contribution >= 4 is 23.3 Å². The molecule has 1 unspecified atom stereocenters. The van der Waals surface area contributed by atoms with Crippen LogP contribution in [0.5, 0.6) is 5.75 Å². The van der Waals surface area contributed by atoms with Crippen molar-refractivity contribution in [3.63, 3.8) is 0 Å². The molecule has 9 nitrogen and oxygen atoms in total. The molecule has 0 bridgehead atoms. The minimum Gasteiger partial charge on any atom is -0.508 e. The van der Waals surface area contributed by atoms with Gasteiger partial charge in [-0.1, -0.05) is 0 Å². The molecule has 0 fully saturated rings. The summed E-state index contributed by atoms with van der Waals surface area (Å²) in [6.45, 7) is 1.60. The topological polar surface area (TPSA) is 145 Å². The number of carbonyl (C=O) groups excluding carboxylic acids is 2. The third-order valence-corrected chi connectivity index (χ3v) is 2.26. The number of carbonyl (C=O) groups is 2. The van der Waals surface area contributed by atoms with Crippen LogP contribution in [0.25, 0.3) is 0 Å². The molecule has 0 aliphatic carbocycles. The monoisotopic (exact) mass is 283 g/mol. The summed E-state index contributed by atoms with van der Waals surface area (Å²) in [5, 5.41) is 22.1. The molecule has 108 valence electrons. The summed E-state index contributed by atoms with van der Waals surface area (Å²) < 4.78 is 4.56. The lowest BCUT2D eigenvalue weighted by Gasteiger charge is -2.11. The van der Waals surface area contributed by atoms with Gasteiger partial charge in [-0.05, 0) is 19.1 Å². The molecule has 0 aliphatic rings. The second-order valence-corrected chi connectivity index (χ2v) is 3.68. The van der Waals surface area contributed by atoms with Crippen LogP contribution in [0.4, 0.5) is 11.4 Å². The van der Waals surface area contributed by atoms with Gasteiger partial charge in [0.15, 0.2) is 6.04 Å². The maximum Gasteiger partial charge on any atom is 0.332 e. The first-order valence-electron chi connectivity index (χ1n) is 5.57. The van der Waals surface area contributed by atoms with E-state index in [1.165, 1.54) is 0 Å². The molecule has 20 heavy (non-hydrogen) atoms. The number of amides is 1. The third-order valence-electron chi connectivity index (χ3n) is 2.26. The van der Waals surface area contributed by atoms with E-state index in [2.05, 4.69) is 10.1 Å². The molecule has 1 rings (SSSR count). The van der Waals surface area contributed by atoms with Gasteiger partial charge in [-0.2, -0.15) is 0 Å². The second kappa shape index (κ2) is 6.48. The molecule has 0 saturated heterocycles. The minimum atomic E-state index is -1.59. The molecular weight excluding hydrogens is 270 g/mol. The van der Waals surface area contributed by atoms with Crippen molar-refractivity contribution in [1.82, 2.24) is 0 Å². The van der Waals surface area contributed by atoms with Crippen LogP contribution in [0.15, 0.2) is 18.2 Å². The first kappa shape index (κ1) is 15.4. The number of anilines is 1. The summed E-state index contributed by atoms with van der Waals surface area (Å²) in [7, 11) is 0. The Kier molecular flexibility index (Phi) is 4.98. The molecule has 0 heterocycles. The Balaban J connectivity index is 2.91. The maximum absolute atomic E-state index is 11.7. The van der Waals surface area contributed by atoms with E-state index in [9.17, 15) is 24.8 Å². The fraction of sp³-hybridized carbons (Fsp3) is 0.273. The summed E-state index contributed by atoms with van der Waals surface area (Å²) in [4.78, 5) is 32.9. The Morgan fingerprint density at radius 2 is 2.20 bits per heavy atom. The average Bonchev–Trinajstić information content (AvgIpc) is 2.39. The first-order chi connectivity index (χ1) is 9.36. The summed E-state index contributed by atoms with van der Waals surface area (Å²) in [5.74, 6) is -2.21. The fourth-order valence-corrected chi connectivity index (χ4v) is 1.33. The molecule has 0 spiro atoms. The second-order valence-electron chi connectivity index (χ2n) is 3.68. The summed E-state index contributed by atoms with van der Waals surface area (Å²) in [6, 6.07) is 1.55. The predicted molar refractivity (Wildman–Crippen MR) is 68.0 cm³/mol. The van der Waals surface area contributed by atoms with Crippen LogP contribution in [-0.4, -0.2) is 34.6 Å². The minimum absolute atomic E-state index is 0.0547. The van der Waals surface area contributed by atoms with E-state index in [0.29, 0.717) is 0 Å². The highest BCUT2D eigenvalue weighted by atomic mass is 16.6. The highest BCUT2D eigenvalue weighted by Crippen LogP contribution is 2.28. The maximum atomic E-state index is 11.7. The number of nitro groups is 1. The third kappa shape index (κ3) is 3.65. The zero-order valence-electron chi connectivity index (χ0n) is 10.5. The van der Waals surface area contributed by atoms with Crippen LogP contribution in [0, 0.1) is 10.1 Å². The zero-order chi connectivity index (χ0) is 15.3. The van der Waals surface area contributed by atoms with Gasteiger partial charge in [0.05, 0.1) is 17.6 Å². The van der Waals surface area contributed by atoms with Gasteiger partial charge in [-0.25, -0.2) is 4.79 Å². The van der Waals surface area contributed by atoms with E-state index in [4.69, 9.17) is 5.73 Å². The number of ether oxygens (including phenoxy) is 1. The molecule has 9 heteroatoms. The fourth-order valence-electron chi connectivity index (χ4n) is 1.33. The molecule has 4 N–H and O–H groups in total. The van der Waals surface area contributed by atoms with E-state index in [1.807, 2.05) is 0 Å². The van der Waals surface area contributed by atoms with E-state index in [1.54, 1.807) is 6.92 Å². The lowest BCUT2D eigenvalue weighted by Crippen LogP contribution is -2.43. The summed E-state index contributed by atoms with van der Waals surface area (Å²) >= 11 is 0. The number of phenolic OH excluding ortho intramolecular Hbond substituents is 1. The average molecular weight is 283 g/mol. The number of esters is 1. The van der Waals surface area contributed by atoms with Crippen molar-refractivity contribution in [2.24, 2.45) is 5.73 Å². The Morgan fingerprint density at radius 1 is 1.55 bits per heavy atom. The van der Waals surface area contributed by atoms with Gasteiger partial charge in [0.25, 0.3) is 11.6 Å². The van der Waals surface area contributed by atoms with Gasteiger partial charge in [0.2, 0.25) is 0 Å². The van der Waals surface area contributed by atoms with Gasteiger partial charge >= 0.3 is 5.97 Å². The highest BCUT2D eigenvalue weighted by molar-refractivity contribution is 6.08. The van der Waals surface area contributed by atoms with Gasteiger partial charge in [-0.3, -0.25) is 14.9 Å². The lowest BCUT2D eigenvalue weighted by molar-refractivity contribution is -0.384. The van der Waals surface area contributed by atoms with Crippen LogP contribution in [0.3, 0.4) is 0 Å². The van der Waals surface area contributed by atoms with Crippen molar-refractivity contribution in [2.75, 3.05) is 11.9 Å². The van der Waals surface area contributed by atoms with Crippen LogP contribution < -0.4 is 11.1 Å². The lowest BCUT2D eigenvalue weighted by atomic mass is 10.2. The largest absolute Gasteiger partial charge is 0.508 e. The van der Waals surface area contributed by atoms with Crippen molar-refractivity contribution in [2.45, 2.75) is 13.0 Å². The predicted octanol–water partition coefficient (Wildman–Crippen LogP) is 0.129. The molecule has 1 aromatic rings. The quantitative estimate of drug-likeness (QED) is 0.229. The number of nitrogens with zero attached hydrogens (tertiary/aromatic N) is 1. The molecular formula is C11H13N3O6. The molecule has 1 amide bonds. The van der Waals surface area contributed by atoms with Gasteiger partial charge in [0.1, 0.15) is 11.4 Å². The molecule has 0 radical (unpaired) electrons. The van der Waals surface area contributed by atoms with Crippen LogP contribution in [-0.2, 0) is 14.3 Å². The Hall–Kier alpha value is -2.68. The zero-order valence-corrected chi connectivity index (χ0v) is 10.5. The molecule has 0 aliphatic heterocycles. The smallest absolute Gasteiger partial charge is 0.332 e. The van der Waals surface area contributed by atoms with Crippen molar-refractivity contribution in [1.29, 1.82) is 0 Å². The van der Waals surface area contributed by atoms with Crippen molar-refractivity contribution < 1.29 is 24.4 Å². The van der Waals surface area contributed by atoms with E-state index in [-0.39, 0.29) is 18.0 Å². The van der Waals surface area contributed by atoms with E-state index >= 15 is 0 Å². The molecule has 0 saturated carbocycles. The standard InChI is InChI=1S/C11H13N3O6/c1-2-20-11(17)9(12)10(16)13-7-4-3-6(15)5-8(7)14(18)19/h3-5,9,15H,2,12H2,1H3,(H,13,16). The number of hydrogen-bond donors (Lipinski definition) is 3. The molecule has 1 atom stereocenters. The van der Waals surface area contributed by atoms with E-state index in [0.717, 1.165) is 18.2 Å². The number of nitrogens with two attached hydrogens (primary N) is 1. The Morgan fingerprint density at radius 3 is 2.75 bits per heavy atom. The SMILES string of the molecule is CCOC(=O)C(N)C(=O)Nc1ccc(O)cc1[N+](=O)[O-]. The summed E-state index contributed by atoms with van der Waals surface area (Å²) in [6.07, 6.45) is 0. The number of rotatable bonds is 5. The normalized spacial score (nSPS) is 11.5. The Labute approximate surface area is 113 Å². The Bertz CT molecular complexity index is 545. The number of nitrogens with one attached hydrogen (secondary N) is 1. The van der Waals surface area contributed by atoms with Gasteiger partial charge in [-0.15, -0.1) is 0 Å². The van der Waals surface area contributed by atoms with E-state index < -0.39 is 28.5 Å². The number of phenols is 1. The number of nitro benzene ring substituents is 1. The molecule has 1 aromatic carbocycles. The van der Waals surface area contributed by atoms with Crippen LogP contribution >= 0.6 is 0 Å². The van der Waals surface area contributed by atoms with Gasteiger partial charge in [0, 0.05) is 0 Å². The summed E-state index contributed by atoms with van der Waals surface area (Å²) in [5.41, 5.74) is 4.64. The number of benzene rings is 1. The van der Waals surface area contributed by atoms with Crippen molar-refractivity contribution in [3.8, 4) is 5.75 Å².